The van der Waals surface area contributed by atoms with Gasteiger partial charge < -0.3 is 9.80 Å². The average Bonchev–Trinajstić information content (AvgIpc) is 2.73. The molecule has 0 spiro atoms. The summed E-state index contributed by atoms with van der Waals surface area (Å²) >= 11 is 0. The SMILES string of the molecule is C[C@@H](C(=O)N(C)C1CCCCC1)[NH+]1CCN(S(=O)(=O)Cc2ccccc2)CC1. The summed E-state index contributed by atoms with van der Waals surface area (Å²) in [5, 5.41) is 0. The first-order valence-electron chi connectivity index (χ1n) is 10.5. The second-order valence-corrected chi connectivity index (χ2v) is 10.2. The van der Waals surface area contributed by atoms with Crippen LogP contribution in [-0.4, -0.2) is 68.8 Å². The number of sulfonamides is 1. The summed E-state index contributed by atoms with van der Waals surface area (Å²) in [6.07, 6.45) is 5.91. The molecule has 28 heavy (non-hydrogen) atoms. The number of nitrogens with one attached hydrogen (secondary N) is 1. The molecule has 156 valence electrons. The molecule has 1 aromatic rings. The maximum atomic E-state index is 12.9. The number of amides is 1. The van der Waals surface area contributed by atoms with E-state index in [1.165, 1.54) is 24.2 Å². The molecule has 0 bridgehead atoms. The Balaban J connectivity index is 1.53. The van der Waals surface area contributed by atoms with E-state index < -0.39 is 10.0 Å². The van der Waals surface area contributed by atoms with E-state index in [0.29, 0.717) is 32.2 Å². The summed E-state index contributed by atoms with van der Waals surface area (Å²) in [5.74, 6) is 0.240. The Morgan fingerprint density at radius 2 is 1.75 bits per heavy atom. The van der Waals surface area contributed by atoms with E-state index >= 15 is 0 Å². The van der Waals surface area contributed by atoms with Crippen LogP contribution in [0.5, 0.6) is 0 Å². The lowest BCUT2D eigenvalue weighted by Gasteiger charge is -2.37. The van der Waals surface area contributed by atoms with Gasteiger partial charge >= 0.3 is 0 Å². The van der Waals surface area contributed by atoms with Crippen molar-refractivity contribution in [2.45, 2.75) is 56.9 Å². The monoisotopic (exact) mass is 408 g/mol. The number of carbonyl (C=O) groups is 1. The number of likely N-dealkylation sites (N-methyl/N-ethyl adjacent to an activating group) is 1. The molecule has 0 radical (unpaired) electrons. The van der Waals surface area contributed by atoms with Crippen molar-refractivity contribution in [1.82, 2.24) is 9.21 Å². The number of nitrogens with zero attached hydrogens (tertiary/aromatic N) is 2. The molecule has 7 heteroatoms. The topological polar surface area (TPSA) is 62.1 Å². The Morgan fingerprint density at radius 1 is 1.14 bits per heavy atom. The Bertz CT molecular complexity index is 739. The van der Waals surface area contributed by atoms with Crippen molar-refractivity contribution in [3.05, 3.63) is 35.9 Å². The highest BCUT2D eigenvalue weighted by Gasteiger charge is 2.36. The van der Waals surface area contributed by atoms with Gasteiger partial charge in [-0.3, -0.25) is 4.79 Å². The molecule has 1 saturated carbocycles. The van der Waals surface area contributed by atoms with Gasteiger partial charge in [-0.2, -0.15) is 4.31 Å². The molecule has 1 N–H and O–H groups in total. The molecule has 1 aromatic carbocycles. The molecular formula is C21H34N3O3S+. The Kier molecular flexibility index (Phi) is 7.12. The molecule has 1 aliphatic carbocycles. The first kappa shape index (κ1) is 21.3. The Hall–Kier alpha value is -1.44. The summed E-state index contributed by atoms with van der Waals surface area (Å²) in [6.45, 7) is 4.31. The molecule has 2 fully saturated rings. The van der Waals surface area contributed by atoms with Gasteiger partial charge in [0.15, 0.2) is 6.04 Å². The minimum absolute atomic E-state index is 0.0437. The first-order valence-corrected chi connectivity index (χ1v) is 12.1. The number of benzene rings is 1. The zero-order valence-electron chi connectivity index (χ0n) is 17.1. The molecule has 1 amide bonds. The number of carbonyl (C=O) groups excluding carboxylic acids is 1. The number of rotatable bonds is 6. The van der Waals surface area contributed by atoms with E-state index in [1.807, 2.05) is 49.2 Å². The minimum atomic E-state index is -3.31. The van der Waals surface area contributed by atoms with E-state index in [2.05, 4.69) is 0 Å². The second-order valence-electron chi connectivity index (χ2n) is 8.26. The van der Waals surface area contributed by atoms with E-state index in [9.17, 15) is 13.2 Å². The van der Waals surface area contributed by atoms with Crippen LogP contribution in [0.2, 0.25) is 0 Å². The van der Waals surface area contributed by atoms with Crippen LogP contribution in [0.4, 0.5) is 0 Å². The van der Waals surface area contributed by atoms with Crippen molar-refractivity contribution in [2.24, 2.45) is 0 Å². The van der Waals surface area contributed by atoms with Crippen LogP contribution in [0.3, 0.4) is 0 Å². The fraction of sp³-hybridized carbons (Fsp3) is 0.667. The van der Waals surface area contributed by atoms with Crippen molar-refractivity contribution < 1.29 is 18.1 Å². The zero-order chi connectivity index (χ0) is 20.1. The van der Waals surface area contributed by atoms with Crippen molar-refractivity contribution in [3.8, 4) is 0 Å². The normalized spacial score (nSPS) is 21.4. The molecule has 1 heterocycles. The Morgan fingerprint density at radius 3 is 2.36 bits per heavy atom. The van der Waals surface area contributed by atoms with E-state index in [1.54, 1.807) is 4.31 Å². The van der Waals surface area contributed by atoms with Crippen LogP contribution < -0.4 is 4.90 Å². The first-order chi connectivity index (χ1) is 13.4. The minimum Gasteiger partial charge on any atom is -0.338 e. The van der Waals surface area contributed by atoms with Crippen molar-refractivity contribution in [1.29, 1.82) is 0 Å². The lowest BCUT2D eigenvalue weighted by Crippen LogP contribution is -3.19. The van der Waals surface area contributed by atoms with Gasteiger partial charge in [-0.15, -0.1) is 0 Å². The molecule has 0 unspecified atom stereocenters. The smallest absolute Gasteiger partial charge is 0.280 e. The summed E-state index contributed by atoms with van der Waals surface area (Å²) in [5.41, 5.74) is 0.815. The molecule has 6 nitrogen and oxygen atoms in total. The van der Waals surface area contributed by atoms with E-state index in [0.717, 1.165) is 18.4 Å². The fourth-order valence-electron chi connectivity index (χ4n) is 4.49. The van der Waals surface area contributed by atoms with E-state index in [4.69, 9.17) is 0 Å². The maximum Gasteiger partial charge on any atom is 0.280 e. The lowest BCUT2D eigenvalue weighted by atomic mass is 9.94. The van der Waals surface area contributed by atoms with Crippen LogP contribution in [0.1, 0.15) is 44.6 Å². The standard InChI is InChI=1S/C21H33N3O3S/c1-18(21(25)22(2)20-11-7-4-8-12-20)23-13-15-24(16-14-23)28(26,27)17-19-9-5-3-6-10-19/h3,5-6,9-10,18,20H,4,7-8,11-17H2,1-2H3/p+1/t18-/m0/s1. The van der Waals surface area contributed by atoms with Gasteiger partial charge in [0, 0.05) is 13.1 Å². The van der Waals surface area contributed by atoms with E-state index in [-0.39, 0.29) is 17.7 Å². The average molecular weight is 409 g/mol. The molecule has 1 saturated heterocycles. The van der Waals surface area contributed by atoms with Crippen molar-refractivity contribution in [3.63, 3.8) is 0 Å². The molecule has 1 aliphatic heterocycles. The van der Waals surface area contributed by atoms with Crippen LogP contribution in [0, 0.1) is 0 Å². The molecular weight excluding hydrogens is 374 g/mol. The number of quaternary nitrogens is 1. The van der Waals surface area contributed by atoms with Crippen molar-refractivity contribution in [2.75, 3.05) is 33.2 Å². The molecule has 3 rings (SSSR count). The van der Waals surface area contributed by atoms with Gasteiger partial charge in [0.05, 0.1) is 31.9 Å². The third-order valence-corrected chi connectivity index (χ3v) is 8.25. The number of piperazine rings is 1. The van der Waals surface area contributed by atoms with Gasteiger partial charge in [-0.05, 0) is 25.3 Å². The summed E-state index contributed by atoms with van der Waals surface area (Å²) in [6, 6.07) is 9.57. The third-order valence-electron chi connectivity index (χ3n) is 6.40. The largest absolute Gasteiger partial charge is 0.338 e. The Labute approximate surface area is 169 Å². The molecule has 1 atom stereocenters. The van der Waals surface area contributed by atoms with Gasteiger partial charge in [0.25, 0.3) is 5.91 Å². The van der Waals surface area contributed by atoms with Gasteiger partial charge in [0.1, 0.15) is 0 Å². The number of hydrogen-bond acceptors (Lipinski definition) is 3. The van der Waals surface area contributed by atoms with Gasteiger partial charge in [-0.1, -0.05) is 49.6 Å². The van der Waals surface area contributed by atoms with Gasteiger partial charge in [-0.25, -0.2) is 8.42 Å². The lowest BCUT2D eigenvalue weighted by molar-refractivity contribution is -0.918. The van der Waals surface area contributed by atoms with Gasteiger partial charge in [0.2, 0.25) is 10.0 Å². The molecule has 0 aromatic heterocycles. The highest BCUT2D eigenvalue weighted by atomic mass is 32.2. The predicted octanol–water partition coefficient (Wildman–Crippen LogP) is 0.897. The van der Waals surface area contributed by atoms with Crippen LogP contribution in [0.25, 0.3) is 0 Å². The fourth-order valence-corrected chi connectivity index (χ4v) is 6.02. The van der Waals surface area contributed by atoms with Crippen molar-refractivity contribution >= 4 is 15.9 Å². The van der Waals surface area contributed by atoms with Crippen LogP contribution in [-0.2, 0) is 20.6 Å². The second kappa shape index (κ2) is 9.37. The number of hydrogen-bond donors (Lipinski definition) is 1. The zero-order valence-corrected chi connectivity index (χ0v) is 18.0. The highest BCUT2D eigenvalue weighted by molar-refractivity contribution is 7.88. The summed E-state index contributed by atoms with van der Waals surface area (Å²) < 4.78 is 27.0. The molecule has 2 aliphatic rings. The summed E-state index contributed by atoms with van der Waals surface area (Å²) in [7, 11) is -1.38. The van der Waals surface area contributed by atoms with Crippen LogP contribution >= 0.6 is 0 Å². The van der Waals surface area contributed by atoms with Crippen LogP contribution in [0.15, 0.2) is 30.3 Å². The summed E-state index contributed by atoms with van der Waals surface area (Å²) in [4.78, 5) is 16.1. The maximum absolute atomic E-state index is 12.9. The third kappa shape index (κ3) is 5.13. The quantitative estimate of drug-likeness (QED) is 0.761. The predicted molar refractivity (Wildman–Crippen MR) is 110 cm³/mol. The highest BCUT2D eigenvalue weighted by Crippen LogP contribution is 2.22.